The number of amides is 1. The van der Waals surface area contributed by atoms with Crippen LogP contribution in [0.4, 0.5) is 18.0 Å². The van der Waals surface area contributed by atoms with Crippen LogP contribution in [0.15, 0.2) is 29.3 Å². The molecule has 1 amide bonds. The van der Waals surface area contributed by atoms with E-state index in [2.05, 4.69) is 9.73 Å². The average molecular weight is 558 g/mol. The first-order valence-corrected chi connectivity index (χ1v) is 9.68. The van der Waals surface area contributed by atoms with Crippen molar-refractivity contribution in [3.8, 4) is 0 Å². The largest absolute Gasteiger partial charge is 0.444 e. The summed E-state index contributed by atoms with van der Waals surface area (Å²) in [5.74, 6) is 0.359. The van der Waals surface area contributed by atoms with Crippen molar-refractivity contribution < 1.29 is 27.4 Å². The minimum atomic E-state index is -4.34. The van der Waals surface area contributed by atoms with Crippen molar-refractivity contribution >= 4 is 36.0 Å². The summed E-state index contributed by atoms with van der Waals surface area (Å²) in [5, 5.41) is 0. The van der Waals surface area contributed by atoms with Crippen LogP contribution in [0.3, 0.4) is 0 Å². The van der Waals surface area contributed by atoms with E-state index in [0.717, 1.165) is 5.56 Å². The van der Waals surface area contributed by atoms with Crippen LogP contribution in [-0.2, 0) is 22.6 Å². The molecule has 0 atom stereocenters. The van der Waals surface area contributed by atoms with Crippen LogP contribution in [0, 0.1) is 0 Å². The van der Waals surface area contributed by atoms with Gasteiger partial charge in [-0.05, 0) is 31.9 Å². The molecular formula is C20H30F3IN4O3. The zero-order valence-electron chi connectivity index (χ0n) is 17.9. The maximum Gasteiger partial charge on any atom is 0.411 e. The summed E-state index contributed by atoms with van der Waals surface area (Å²) in [5.41, 5.74) is 6.99. The summed E-state index contributed by atoms with van der Waals surface area (Å²) < 4.78 is 46.6. The highest BCUT2D eigenvalue weighted by Gasteiger charge is 2.27. The number of nitrogens with two attached hydrogens (primary N) is 1. The maximum absolute atomic E-state index is 12.2. The van der Waals surface area contributed by atoms with Crippen LogP contribution in [-0.4, -0.2) is 66.4 Å². The molecule has 176 valence electrons. The lowest BCUT2D eigenvalue weighted by atomic mass is 10.1. The molecule has 1 saturated heterocycles. The minimum Gasteiger partial charge on any atom is -0.444 e. The van der Waals surface area contributed by atoms with Crippen molar-refractivity contribution in [2.75, 3.05) is 32.8 Å². The Morgan fingerprint density at radius 1 is 1.10 bits per heavy atom. The van der Waals surface area contributed by atoms with E-state index in [9.17, 15) is 18.0 Å². The summed E-state index contributed by atoms with van der Waals surface area (Å²) in [7, 11) is 0. The van der Waals surface area contributed by atoms with Crippen LogP contribution in [0.5, 0.6) is 0 Å². The Labute approximate surface area is 197 Å². The number of piperazine rings is 1. The Morgan fingerprint density at radius 3 is 2.26 bits per heavy atom. The predicted octanol–water partition coefficient (Wildman–Crippen LogP) is 3.75. The maximum atomic E-state index is 12.2. The fourth-order valence-electron chi connectivity index (χ4n) is 2.82. The van der Waals surface area contributed by atoms with Crippen LogP contribution in [0.25, 0.3) is 0 Å². The highest BCUT2D eigenvalue weighted by atomic mass is 127. The monoisotopic (exact) mass is 558 g/mol. The van der Waals surface area contributed by atoms with Crippen LogP contribution < -0.4 is 5.73 Å². The normalized spacial score (nSPS) is 15.5. The molecule has 0 radical (unpaired) electrons. The van der Waals surface area contributed by atoms with Gasteiger partial charge in [0.1, 0.15) is 12.2 Å². The average Bonchev–Trinajstić information content (AvgIpc) is 2.64. The molecule has 2 rings (SSSR count). The van der Waals surface area contributed by atoms with E-state index >= 15 is 0 Å². The molecule has 2 N–H and O–H groups in total. The first kappa shape index (κ1) is 27.3. The van der Waals surface area contributed by atoms with Crippen molar-refractivity contribution in [2.45, 2.75) is 45.7 Å². The second-order valence-electron chi connectivity index (χ2n) is 8.06. The number of ether oxygens (including phenoxy) is 2. The molecule has 0 spiro atoms. The number of carbonyl (C=O) groups excluding carboxylic acids is 1. The zero-order valence-corrected chi connectivity index (χ0v) is 20.3. The van der Waals surface area contributed by atoms with E-state index in [1.54, 1.807) is 23.1 Å². The van der Waals surface area contributed by atoms with Gasteiger partial charge >= 0.3 is 12.3 Å². The van der Waals surface area contributed by atoms with Crippen LogP contribution in [0.2, 0.25) is 0 Å². The molecule has 1 heterocycles. The molecule has 1 aliphatic rings. The molecule has 0 aliphatic carbocycles. The van der Waals surface area contributed by atoms with Gasteiger partial charge in [-0.1, -0.05) is 24.3 Å². The number of hydrogen-bond acceptors (Lipinski definition) is 4. The SMILES string of the molecule is CC(C)(C)OC(=O)N1CCN(C(N)=NCc2cccc(COCC(F)(F)F)c2)CC1.I. The summed E-state index contributed by atoms with van der Waals surface area (Å²) in [6.07, 6.45) is -4.69. The van der Waals surface area contributed by atoms with Gasteiger partial charge < -0.3 is 25.0 Å². The van der Waals surface area contributed by atoms with E-state index < -0.39 is 18.4 Å². The Balaban J connectivity index is 0.00000480. The molecule has 11 heteroatoms. The highest BCUT2D eigenvalue weighted by molar-refractivity contribution is 14.0. The highest BCUT2D eigenvalue weighted by Crippen LogP contribution is 2.16. The Morgan fingerprint density at radius 2 is 1.68 bits per heavy atom. The van der Waals surface area contributed by atoms with Gasteiger partial charge in [0.15, 0.2) is 5.96 Å². The first-order chi connectivity index (χ1) is 13.9. The lowest BCUT2D eigenvalue weighted by Crippen LogP contribution is -2.53. The number of carbonyl (C=O) groups is 1. The summed E-state index contributed by atoms with van der Waals surface area (Å²) >= 11 is 0. The Bertz CT molecular complexity index is 746. The third-order valence-corrected chi connectivity index (χ3v) is 4.20. The van der Waals surface area contributed by atoms with E-state index in [1.807, 2.05) is 31.7 Å². The molecule has 1 fully saturated rings. The zero-order chi connectivity index (χ0) is 22.4. The van der Waals surface area contributed by atoms with Crippen molar-refractivity contribution in [1.29, 1.82) is 0 Å². The molecule has 1 aliphatic heterocycles. The van der Waals surface area contributed by atoms with Gasteiger partial charge in [0.2, 0.25) is 0 Å². The number of halogens is 4. The van der Waals surface area contributed by atoms with Gasteiger partial charge in [0, 0.05) is 26.2 Å². The van der Waals surface area contributed by atoms with Gasteiger partial charge in [0.25, 0.3) is 0 Å². The molecule has 1 aromatic carbocycles. The van der Waals surface area contributed by atoms with Crippen molar-refractivity contribution in [3.05, 3.63) is 35.4 Å². The third-order valence-electron chi connectivity index (χ3n) is 4.20. The second-order valence-corrected chi connectivity index (χ2v) is 8.06. The Kier molecular flexibility index (Phi) is 10.3. The lowest BCUT2D eigenvalue weighted by molar-refractivity contribution is -0.176. The third kappa shape index (κ3) is 10.4. The molecule has 31 heavy (non-hydrogen) atoms. The van der Waals surface area contributed by atoms with E-state index in [4.69, 9.17) is 10.5 Å². The number of aliphatic imine (C=N–C) groups is 1. The van der Waals surface area contributed by atoms with Crippen molar-refractivity contribution in [3.63, 3.8) is 0 Å². The number of hydrogen-bond donors (Lipinski definition) is 1. The smallest absolute Gasteiger partial charge is 0.411 e. The van der Waals surface area contributed by atoms with Crippen LogP contribution in [0.1, 0.15) is 31.9 Å². The van der Waals surface area contributed by atoms with Gasteiger partial charge in [-0.3, -0.25) is 0 Å². The number of guanidine groups is 1. The predicted molar refractivity (Wildman–Crippen MR) is 122 cm³/mol. The number of benzene rings is 1. The summed E-state index contributed by atoms with van der Waals surface area (Å²) in [4.78, 5) is 20.0. The fraction of sp³-hybridized carbons (Fsp3) is 0.600. The lowest BCUT2D eigenvalue weighted by Gasteiger charge is -2.36. The molecule has 1 aromatic rings. The van der Waals surface area contributed by atoms with Gasteiger partial charge in [-0.2, -0.15) is 13.2 Å². The molecule has 0 bridgehead atoms. The van der Waals surface area contributed by atoms with E-state index in [1.165, 1.54) is 0 Å². The Hall–Kier alpha value is -1.76. The quantitative estimate of drug-likeness (QED) is 0.339. The van der Waals surface area contributed by atoms with Crippen molar-refractivity contribution in [1.82, 2.24) is 9.80 Å². The molecule has 0 saturated carbocycles. The van der Waals surface area contributed by atoms with Gasteiger partial charge in [-0.15, -0.1) is 24.0 Å². The van der Waals surface area contributed by atoms with E-state index in [0.29, 0.717) is 44.2 Å². The second kappa shape index (κ2) is 11.7. The minimum absolute atomic E-state index is 0. The fourth-order valence-corrected chi connectivity index (χ4v) is 2.82. The van der Waals surface area contributed by atoms with Crippen LogP contribution >= 0.6 is 24.0 Å². The van der Waals surface area contributed by atoms with E-state index in [-0.39, 0.29) is 36.7 Å². The number of rotatable bonds is 5. The van der Waals surface area contributed by atoms with Crippen molar-refractivity contribution in [2.24, 2.45) is 10.7 Å². The number of nitrogens with zero attached hydrogens (tertiary/aromatic N) is 3. The van der Waals surface area contributed by atoms with Gasteiger partial charge in [-0.25, -0.2) is 9.79 Å². The molecule has 0 unspecified atom stereocenters. The number of alkyl halides is 3. The molecule has 0 aromatic heterocycles. The molecular weight excluding hydrogens is 528 g/mol. The summed E-state index contributed by atoms with van der Waals surface area (Å²) in [6.45, 7) is 6.41. The first-order valence-electron chi connectivity index (χ1n) is 9.68. The topological polar surface area (TPSA) is 80.4 Å². The molecule has 7 nitrogen and oxygen atoms in total. The van der Waals surface area contributed by atoms with Gasteiger partial charge in [0.05, 0.1) is 13.2 Å². The standard InChI is InChI=1S/C20H29F3N4O3.HI/c1-19(2,3)30-18(28)27-9-7-26(8-10-27)17(24)25-12-15-5-4-6-16(11-15)13-29-14-20(21,22)23;/h4-6,11H,7-10,12-14H2,1-3H3,(H2,24,25);1H. The summed E-state index contributed by atoms with van der Waals surface area (Å²) in [6, 6.07) is 7.01.